The molecular weight excluding hydrogens is 330 g/mol. The predicted octanol–water partition coefficient (Wildman–Crippen LogP) is 2.37. The van der Waals surface area contributed by atoms with E-state index in [-0.39, 0.29) is 11.5 Å². The second kappa shape index (κ2) is 7.11. The van der Waals surface area contributed by atoms with Crippen LogP contribution in [-0.4, -0.2) is 47.4 Å². The molecule has 1 aromatic heterocycles. The van der Waals surface area contributed by atoms with Crippen LogP contribution in [0.3, 0.4) is 0 Å². The molecule has 2 aliphatic heterocycles. The Labute approximate surface area is 153 Å². The van der Waals surface area contributed by atoms with Crippen molar-refractivity contribution in [3.8, 4) is 5.75 Å². The molecular formula is C20H25N3O3. The standard InChI is InChI=1S/C20H25N3O3/c1-25-17-3-4-18-16(15-17)6-14-26-20(18)7-12-22(13-8-20)19(24)5-11-23-10-2-9-21-23/h2-4,9-10,15H,5-8,11-14H2,1H3. The van der Waals surface area contributed by atoms with Gasteiger partial charge in [-0.25, -0.2) is 0 Å². The molecule has 0 aliphatic carbocycles. The fraction of sp³-hybridized carbons (Fsp3) is 0.500. The van der Waals surface area contributed by atoms with Gasteiger partial charge in [0.05, 0.1) is 19.3 Å². The number of fused-ring (bicyclic) bond motifs is 2. The highest BCUT2D eigenvalue weighted by atomic mass is 16.5. The first-order valence-corrected chi connectivity index (χ1v) is 9.27. The summed E-state index contributed by atoms with van der Waals surface area (Å²) in [6.45, 7) is 2.84. The number of aryl methyl sites for hydroxylation is 1. The molecule has 0 atom stereocenters. The van der Waals surface area contributed by atoms with Crippen molar-refractivity contribution in [3.63, 3.8) is 0 Å². The van der Waals surface area contributed by atoms with E-state index in [4.69, 9.17) is 9.47 Å². The Balaban J connectivity index is 1.41. The normalized spacial score (nSPS) is 18.6. The molecule has 0 saturated carbocycles. The van der Waals surface area contributed by atoms with E-state index in [0.29, 0.717) is 13.0 Å². The molecule has 1 saturated heterocycles. The van der Waals surface area contributed by atoms with Crippen LogP contribution in [0.15, 0.2) is 36.7 Å². The molecule has 6 heteroatoms. The smallest absolute Gasteiger partial charge is 0.224 e. The molecule has 1 fully saturated rings. The van der Waals surface area contributed by atoms with Crippen LogP contribution in [0, 0.1) is 0 Å². The lowest BCUT2D eigenvalue weighted by Crippen LogP contribution is -2.48. The summed E-state index contributed by atoms with van der Waals surface area (Å²) in [5.74, 6) is 1.09. The Morgan fingerprint density at radius 1 is 1.35 bits per heavy atom. The van der Waals surface area contributed by atoms with Crippen LogP contribution in [0.25, 0.3) is 0 Å². The molecule has 6 nitrogen and oxygen atoms in total. The van der Waals surface area contributed by atoms with Crippen molar-refractivity contribution in [2.24, 2.45) is 0 Å². The van der Waals surface area contributed by atoms with Crippen molar-refractivity contribution in [1.82, 2.24) is 14.7 Å². The number of hydrogen-bond donors (Lipinski definition) is 0. The van der Waals surface area contributed by atoms with Gasteiger partial charge in [0.1, 0.15) is 5.75 Å². The molecule has 4 rings (SSSR count). The molecule has 1 aromatic carbocycles. The summed E-state index contributed by atoms with van der Waals surface area (Å²) in [4.78, 5) is 14.5. The third-order valence-corrected chi connectivity index (χ3v) is 5.59. The molecule has 1 spiro atoms. The summed E-state index contributed by atoms with van der Waals surface area (Å²) in [7, 11) is 1.70. The summed E-state index contributed by atoms with van der Waals surface area (Å²) in [6, 6.07) is 8.16. The van der Waals surface area contributed by atoms with Crippen LogP contribution < -0.4 is 4.74 Å². The quantitative estimate of drug-likeness (QED) is 0.845. The molecule has 0 radical (unpaired) electrons. The molecule has 2 aliphatic rings. The van der Waals surface area contributed by atoms with E-state index in [1.165, 1.54) is 11.1 Å². The minimum atomic E-state index is -0.251. The fourth-order valence-corrected chi connectivity index (χ4v) is 4.11. The lowest BCUT2D eigenvalue weighted by molar-refractivity contribution is -0.141. The van der Waals surface area contributed by atoms with Gasteiger partial charge in [0, 0.05) is 38.4 Å². The first kappa shape index (κ1) is 17.1. The fourth-order valence-electron chi connectivity index (χ4n) is 4.11. The highest BCUT2D eigenvalue weighted by Gasteiger charge is 2.41. The zero-order valence-corrected chi connectivity index (χ0v) is 15.2. The molecule has 0 bridgehead atoms. The van der Waals surface area contributed by atoms with E-state index in [1.807, 2.05) is 23.2 Å². The number of benzene rings is 1. The first-order valence-electron chi connectivity index (χ1n) is 9.27. The molecule has 1 amide bonds. The molecule has 0 N–H and O–H groups in total. The maximum atomic E-state index is 12.5. The van der Waals surface area contributed by atoms with Gasteiger partial charge in [-0.05, 0) is 48.6 Å². The molecule has 3 heterocycles. The Morgan fingerprint density at radius 3 is 2.92 bits per heavy atom. The highest BCUT2D eigenvalue weighted by Crippen LogP contribution is 2.42. The van der Waals surface area contributed by atoms with Crippen LogP contribution in [0.2, 0.25) is 0 Å². The number of piperidine rings is 1. The maximum Gasteiger partial charge on any atom is 0.224 e. The van der Waals surface area contributed by atoms with Crippen LogP contribution in [-0.2, 0) is 28.1 Å². The summed E-state index contributed by atoms with van der Waals surface area (Å²) >= 11 is 0. The van der Waals surface area contributed by atoms with Gasteiger partial charge in [-0.15, -0.1) is 0 Å². The number of amides is 1. The molecule has 2 aromatic rings. The van der Waals surface area contributed by atoms with E-state index in [9.17, 15) is 4.79 Å². The molecule has 0 unspecified atom stereocenters. The monoisotopic (exact) mass is 355 g/mol. The number of carbonyl (C=O) groups excluding carboxylic acids is 1. The van der Waals surface area contributed by atoms with Crippen molar-refractivity contribution >= 4 is 5.91 Å². The lowest BCUT2D eigenvalue weighted by Gasteiger charge is -2.45. The average Bonchev–Trinajstić information content (AvgIpc) is 3.20. The second-order valence-electron chi connectivity index (χ2n) is 7.02. The van der Waals surface area contributed by atoms with E-state index in [1.54, 1.807) is 18.0 Å². The van der Waals surface area contributed by atoms with Gasteiger partial charge in [0.25, 0.3) is 0 Å². The SMILES string of the molecule is COc1ccc2c(c1)CCOC21CCN(C(=O)CCn2cccn2)CC1. The zero-order chi connectivity index (χ0) is 18.0. The number of hydrogen-bond acceptors (Lipinski definition) is 4. The summed E-state index contributed by atoms with van der Waals surface area (Å²) in [6.07, 6.45) is 6.73. The number of aromatic nitrogens is 2. The number of rotatable bonds is 4. The Hall–Kier alpha value is -2.34. The topological polar surface area (TPSA) is 56.6 Å². The van der Waals surface area contributed by atoms with E-state index >= 15 is 0 Å². The van der Waals surface area contributed by atoms with Crippen molar-refractivity contribution in [2.45, 2.75) is 37.8 Å². The summed E-state index contributed by atoms with van der Waals surface area (Å²) < 4.78 is 13.4. The van der Waals surface area contributed by atoms with Crippen molar-refractivity contribution in [3.05, 3.63) is 47.8 Å². The highest BCUT2D eigenvalue weighted by molar-refractivity contribution is 5.76. The average molecular weight is 355 g/mol. The van der Waals surface area contributed by atoms with Crippen LogP contribution >= 0.6 is 0 Å². The maximum absolute atomic E-state index is 12.5. The van der Waals surface area contributed by atoms with Gasteiger partial charge >= 0.3 is 0 Å². The number of likely N-dealkylation sites (tertiary alicyclic amines) is 1. The molecule has 26 heavy (non-hydrogen) atoms. The number of ether oxygens (including phenoxy) is 2. The minimum absolute atomic E-state index is 0.195. The van der Waals surface area contributed by atoms with E-state index in [0.717, 1.165) is 44.7 Å². The van der Waals surface area contributed by atoms with Crippen LogP contribution in [0.4, 0.5) is 0 Å². The number of carbonyl (C=O) groups is 1. The third-order valence-electron chi connectivity index (χ3n) is 5.59. The Bertz CT molecular complexity index is 765. The second-order valence-corrected chi connectivity index (χ2v) is 7.02. The lowest BCUT2D eigenvalue weighted by atomic mass is 9.79. The summed E-state index contributed by atoms with van der Waals surface area (Å²) in [5, 5.41) is 4.16. The number of nitrogens with zero attached hydrogens (tertiary/aromatic N) is 3. The number of methoxy groups -OCH3 is 1. The zero-order valence-electron chi connectivity index (χ0n) is 15.2. The van der Waals surface area contributed by atoms with Crippen molar-refractivity contribution in [2.75, 3.05) is 26.8 Å². The Morgan fingerprint density at radius 2 is 2.19 bits per heavy atom. The van der Waals surface area contributed by atoms with Gasteiger partial charge < -0.3 is 14.4 Å². The van der Waals surface area contributed by atoms with Crippen molar-refractivity contribution < 1.29 is 14.3 Å². The van der Waals surface area contributed by atoms with Crippen molar-refractivity contribution in [1.29, 1.82) is 0 Å². The van der Waals surface area contributed by atoms with Gasteiger partial charge in [-0.2, -0.15) is 5.10 Å². The van der Waals surface area contributed by atoms with Gasteiger partial charge in [-0.3, -0.25) is 9.48 Å². The third kappa shape index (κ3) is 3.21. The minimum Gasteiger partial charge on any atom is -0.497 e. The predicted molar refractivity (Wildman–Crippen MR) is 97.0 cm³/mol. The van der Waals surface area contributed by atoms with Gasteiger partial charge in [-0.1, -0.05) is 6.07 Å². The van der Waals surface area contributed by atoms with Gasteiger partial charge in [0.15, 0.2) is 0 Å². The van der Waals surface area contributed by atoms with Crippen LogP contribution in [0.1, 0.15) is 30.4 Å². The summed E-state index contributed by atoms with van der Waals surface area (Å²) in [5.41, 5.74) is 2.33. The molecule has 138 valence electrons. The van der Waals surface area contributed by atoms with E-state index < -0.39 is 0 Å². The van der Waals surface area contributed by atoms with E-state index in [2.05, 4.69) is 17.2 Å². The first-order chi connectivity index (χ1) is 12.7. The van der Waals surface area contributed by atoms with Crippen LogP contribution in [0.5, 0.6) is 5.75 Å². The Kier molecular flexibility index (Phi) is 4.68. The van der Waals surface area contributed by atoms with Gasteiger partial charge in [0.2, 0.25) is 5.91 Å². The largest absolute Gasteiger partial charge is 0.497 e.